The van der Waals surface area contributed by atoms with Crippen LogP contribution in [0.4, 0.5) is 0 Å². The number of hydrogen-bond donors (Lipinski definition) is 2. The summed E-state index contributed by atoms with van der Waals surface area (Å²) in [5.41, 5.74) is 0. The fourth-order valence-electron chi connectivity index (χ4n) is 0.920. The average molecular weight is 144 g/mol. The van der Waals surface area contributed by atoms with Crippen molar-refractivity contribution < 1.29 is 10.2 Å². The van der Waals surface area contributed by atoms with Crippen molar-refractivity contribution >= 4 is 0 Å². The van der Waals surface area contributed by atoms with Crippen LogP contribution in [-0.4, -0.2) is 22.9 Å². The van der Waals surface area contributed by atoms with Crippen LogP contribution in [0.2, 0.25) is 0 Å². The molecule has 0 radical (unpaired) electrons. The van der Waals surface area contributed by atoms with Gasteiger partial charge in [0.25, 0.3) is 0 Å². The van der Waals surface area contributed by atoms with Gasteiger partial charge < -0.3 is 10.2 Å². The van der Waals surface area contributed by atoms with Crippen molar-refractivity contribution in [2.24, 2.45) is 5.92 Å². The van der Waals surface area contributed by atoms with Crippen LogP contribution in [0.15, 0.2) is 12.7 Å². The molecule has 0 bridgehead atoms. The zero-order valence-electron chi connectivity index (χ0n) is 6.45. The van der Waals surface area contributed by atoms with Gasteiger partial charge in [-0.1, -0.05) is 13.0 Å². The number of aliphatic hydroxyl groups is 2. The van der Waals surface area contributed by atoms with Crippen molar-refractivity contribution in [3.63, 3.8) is 0 Å². The van der Waals surface area contributed by atoms with Crippen LogP contribution in [0.5, 0.6) is 0 Å². The predicted molar refractivity (Wildman–Crippen MR) is 41.7 cm³/mol. The smallest absolute Gasteiger partial charge is 0.0773 e. The van der Waals surface area contributed by atoms with Crippen LogP contribution in [0.3, 0.4) is 0 Å². The third kappa shape index (κ3) is 4.53. The zero-order chi connectivity index (χ0) is 7.98. The summed E-state index contributed by atoms with van der Waals surface area (Å²) in [7, 11) is 0. The topological polar surface area (TPSA) is 40.5 Å². The normalized spacial score (nSPS) is 16.3. The molecule has 0 spiro atoms. The van der Waals surface area contributed by atoms with E-state index in [1.807, 2.05) is 13.0 Å². The quantitative estimate of drug-likeness (QED) is 0.564. The molecule has 0 heterocycles. The molecule has 2 heteroatoms. The highest BCUT2D eigenvalue weighted by Gasteiger charge is 2.06. The first-order valence-corrected chi connectivity index (χ1v) is 3.60. The summed E-state index contributed by atoms with van der Waals surface area (Å²) in [6.45, 7) is 5.48. The number of hydrogen-bond acceptors (Lipinski definition) is 2. The van der Waals surface area contributed by atoms with Crippen LogP contribution in [0.25, 0.3) is 0 Å². The van der Waals surface area contributed by atoms with E-state index in [0.29, 0.717) is 12.3 Å². The summed E-state index contributed by atoms with van der Waals surface area (Å²) < 4.78 is 0. The summed E-state index contributed by atoms with van der Waals surface area (Å²) in [6, 6.07) is 0. The van der Waals surface area contributed by atoms with E-state index in [4.69, 9.17) is 10.2 Å². The summed E-state index contributed by atoms with van der Waals surface area (Å²) >= 11 is 0. The minimum Gasteiger partial charge on any atom is -0.394 e. The third-order valence-electron chi connectivity index (χ3n) is 1.45. The van der Waals surface area contributed by atoms with Crippen molar-refractivity contribution in [1.82, 2.24) is 0 Å². The van der Waals surface area contributed by atoms with Crippen molar-refractivity contribution in [3.05, 3.63) is 12.7 Å². The van der Waals surface area contributed by atoms with Gasteiger partial charge in [-0.25, -0.2) is 0 Å². The highest BCUT2D eigenvalue weighted by atomic mass is 16.3. The van der Waals surface area contributed by atoms with E-state index < -0.39 is 6.10 Å². The second-order valence-corrected chi connectivity index (χ2v) is 2.70. The lowest BCUT2D eigenvalue weighted by Crippen LogP contribution is -2.15. The SMILES string of the molecule is C=CC[C@@H](C)C[C@H](O)CO. The first-order chi connectivity index (χ1) is 4.70. The van der Waals surface area contributed by atoms with Gasteiger partial charge in [-0.15, -0.1) is 6.58 Å². The van der Waals surface area contributed by atoms with Gasteiger partial charge in [0, 0.05) is 0 Å². The van der Waals surface area contributed by atoms with Crippen molar-refractivity contribution in [2.45, 2.75) is 25.9 Å². The minimum absolute atomic E-state index is 0.137. The number of allylic oxidation sites excluding steroid dienone is 1. The van der Waals surface area contributed by atoms with Crippen LogP contribution in [-0.2, 0) is 0 Å². The van der Waals surface area contributed by atoms with Crippen LogP contribution in [0.1, 0.15) is 19.8 Å². The van der Waals surface area contributed by atoms with Crippen LogP contribution < -0.4 is 0 Å². The first kappa shape index (κ1) is 9.66. The van der Waals surface area contributed by atoms with E-state index >= 15 is 0 Å². The maximum absolute atomic E-state index is 8.97. The van der Waals surface area contributed by atoms with E-state index in [0.717, 1.165) is 6.42 Å². The van der Waals surface area contributed by atoms with Crippen molar-refractivity contribution in [2.75, 3.05) is 6.61 Å². The summed E-state index contributed by atoms with van der Waals surface area (Å²) in [5, 5.41) is 17.4. The standard InChI is InChI=1S/C8H16O2/c1-3-4-7(2)5-8(10)6-9/h3,7-10H,1,4-6H2,2H3/t7-,8+/m1/s1. The van der Waals surface area contributed by atoms with Gasteiger partial charge in [-0.05, 0) is 18.8 Å². The fourth-order valence-corrected chi connectivity index (χ4v) is 0.920. The molecule has 0 saturated carbocycles. The summed E-state index contributed by atoms with van der Waals surface area (Å²) in [4.78, 5) is 0. The van der Waals surface area contributed by atoms with Gasteiger partial charge in [0.2, 0.25) is 0 Å². The van der Waals surface area contributed by atoms with Gasteiger partial charge >= 0.3 is 0 Å². The lowest BCUT2D eigenvalue weighted by atomic mass is 10.0. The molecule has 0 fully saturated rings. The summed E-state index contributed by atoms with van der Waals surface area (Å²) in [6.07, 6.45) is 2.82. The highest BCUT2D eigenvalue weighted by Crippen LogP contribution is 2.09. The lowest BCUT2D eigenvalue weighted by Gasteiger charge is -2.11. The highest BCUT2D eigenvalue weighted by molar-refractivity contribution is 4.72. The van der Waals surface area contributed by atoms with Gasteiger partial charge in [-0.3, -0.25) is 0 Å². The Bertz CT molecular complexity index is 91.3. The number of aliphatic hydroxyl groups excluding tert-OH is 2. The first-order valence-electron chi connectivity index (χ1n) is 3.60. The number of rotatable bonds is 5. The monoisotopic (exact) mass is 144 g/mol. The predicted octanol–water partition coefficient (Wildman–Crippen LogP) is 0.942. The Balaban J connectivity index is 3.35. The second kappa shape index (κ2) is 5.45. The van der Waals surface area contributed by atoms with Gasteiger partial charge in [0.05, 0.1) is 12.7 Å². The molecular formula is C8H16O2. The van der Waals surface area contributed by atoms with E-state index in [1.54, 1.807) is 0 Å². The molecule has 0 aliphatic heterocycles. The molecule has 0 aromatic carbocycles. The van der Waals surface area contributed by atoms with Gasteiger partial charge in [-0.2, -0.15) is 0 Å². The van der Waals surface area contributed by atoms with E-state index in [2.05, 4.69) is 6.58 Å². The largest absolute Gasteiger partial charge is 0.394 e. The molecule has 0 saturated heterocycles. The molecule has 60 valence electrons. The van der Waals surface area contributed by atoms with Gasteiger partial charge in [0.15, 0.2) is 0 Å². The maximum atomic E-state index is 8.97. The molecule has 0 aliphatic carbocycles. The van der Waals surface area contributed by atoms with Crippen molar-refractivity contribution in [1.29, 1.82) is 0 Å². The summed E-state index contributed by atoms with van der Waals surface area (Å²) in [5.74, 6) is 0.416. The zero-order valence-corrected chi connectivity index (χ0v) is 6.45. The molecule has 0 aliphatic rings. The molecule has 0 rings (SSSR count). The molecule has 0 aromatic heterocycles. The Morgan fingerprint density at radius 2 is 2.20 bits per heavy atom. The average Bonchev–Trinajstić information content (AvgIpc) is 1.88. The molecule has 2 atom stereocenters. The van der Waals surface area contributed by atoms with Crippen LogP contribution >= 0.6 is 0 Å². The van der Waals surface area contributed by atoms with E-state index in [-0.39, 0.29) is 6.61 Å². The molecule has 10 heavy (non-hydrogen) atoms. The minimum atomic E-state index is -0.560. The van der Waals surface area contributed by atoms with Crippen LogP contribution in [0, 0.1) is 5.92 Å². The fraction of sp³-hybridized carbons (Fsp3) is 0.750. The molecule has 2 N–H and O–H groups in total. The molecule has 2 nitrogen and oxygen atoms in total. The Morgan fingerprint density at radius 3 is 2.60 bits per heavy atom. The molecule has 0 unspecified atom stereocenters. The second-order valence-electron chi connectivity index (χ2n) is 2.70. The van der Waals surface area contributed by atoms with E-state index in [9.17, 15) is 0 Å². The Kier molecular flexibility index (Phi) is 5.26. The Labute approximate surface area is 62.2 Å². The van der Waals surface area contributed by atoms with Crippen molar-refractivity contribution in [3.8, 4) is 0 Å². The maximum Gasteiger partial charge on any atom is 0.0773 e. The molecular weight excluding hydrogens is 128 g/mol. The van der Waals surface area contributed by atoms with E-state index in [1.165, 1.54) is 0 Å². The third-order valence-corrected chi connectivity index (χ3v) is 1.45. The molecule has 0 amide bonds. The Hall–Kier alpha value is -0.340. The molecule has 0 aromatic rings. The Morgan fingerprint density at radius 1 is 1.60 bits per heavy atom. The van der Waals surface area contributed by atoms with Gasteiger partial charge in [0.1, 0.15) is 0 Å². The lowest BCUT2D eigenvalue weighted by molar-refractivity contribution is 0.0765.